The second-order valence-electron chi connectivity index (χ2n) is 10.0. The van der Waals surface area contributed by atoms with Gasteiger partial charge in [-0.05, 0) is 57.9 Å². The van der Waals surface area contributed by atoms with Gasteiger partial charge in [0.25, 0.3) is 5.56 Å². The van der Waals surface area contributed by atoms with Gasteiger partial charge < -0.3 is 14.5 Å². The first-order valence-corrected chi connectivity index (χ1v) is 13.4. The van der Waals surface area contributed by atoms with Crippen molar-refractivity contribution in [1.29, 1.82) is 0 Å². The number of carbonyl (C=O) groups is 2. The molecule has 0 aromatic carbocycles. The largest absolute Gasteiger partial charge is 0.372 e. The van der Waals surface area contributed by atoms with Crippen LogP contribution in [0, 0.1) is 5.92 Å². The highest BCUT2D eigenvalue weighted by molar-refractivity contribution is 7.18. The fourth-order valence-electron chi connectivity index (χ4n) is 5.71. The Kier molecular flexibility index (Phi) is 6.75. The smallest absolute Gasteiger partial charge is 0.262 e. The van der Waals surface area contributed by atoms with Crippen molar-refractivity contribution in [2.24, 2.45) is 5.92 Å². The molecular formula is C25H34N4O4S. The molecule has 34 heavy (non-hydrogen) atoms. The van der Waals surface area contributed by atoms with E-state index in [9.17, 15) is 14.4 Å². The monoisotopic (exact) mass is 486 g/mol. The summed E-state index contributed by atoms with van der Waals surface area (Å²) < 4.78 is 7.34. The fraction of sp³-hybridized carbons (Fsp3) is 0.680. The zero-order chi connectivity index (χ0) is 23.8. The first-order chi connectivity index (χ1) is 16.4. The van der Waals surface area contributed by atoms with Gasteiger partial charge in [-0.2, -0.15) is 0 Å². The average molecular weight is 487 g/mol. The molecule has 5 rings (SSSR count). The summed E-state index contributed by atoms with van der Waals surface area (Å²) >= 11 is 1.64. The number of morpholine rings is 1. The van der Waals surface area contributed by atoms with Crippen molar-refractivity contribution in [2.75, 3.05) is 26.2 Å². The number of aryl methyl sites for hydroxylation is 3. The molecule has 2 aromatic heterocycles. The van der Waals surface area contributed by atoms with Gasteiger partial charge >= 0.3 is 0 Å². The lowest BCUT2D eigenvalue weighted by Crippen LogP contribution is -2.51. The van der Waals surface area contributed by atoms with Crippen molar-refractivity contribution in [3.63, 3.8) is 0 Å². The molecule has 0 N–H and O–H groups in total. The number of carbonyl (C=O) groups excluding carboxylic acids is 2. The van der Waals surface area contributed by atoms with Gasteiger partial charge in [0, 0.05) is 49.9 Å². The van der Waals surface area contributed by atoms with Crippen molar-refractivity contribution in [2.45, 2.75) is 77.5 Å². The van der Waals surface area contributed by atoms with Gasteiger partial charge in [0.15, 0.2) is 0 Å². The number of hydrogen-bond donors (Lipinski definition) is 0. The normalized spacial score (nSPS) is 23.8. The molecule has 2 atom stereocenters. The number of thiophene rings is 1. The van der Waals surface area contributed by atoms with Crippen LogP contribution >= 0.6 is 11.3 Å². The topological polar surface area (TPSA) is 84.7 Å². The summed E-state index contributed by atoms with van der Waals surface area (Å²) in [6, 6.07) is 0. The van der Waals surface area contributed by atoms with Crippen LogP contribution in [-0.4, -0.2) is 69.6 Å². The number of amides is 2. The molecule has 0 saturated carbocycles. The molecule has 2 aromatic rings. The number of fused-ring (bicyclic) bond motifs is 3. The summed E-state index contributed by atoms with van der Waals surface area (Å²) in [4.78, 5) is 49.4. The van der Waals surface area contributed by atoms with E-state index >= 15 is 0 Å². The van der Waals surface area contributed by atoms with Crippen LogP contribution < -0.4 is 5.56 Å². The van der Waals surface area contributed by atoms with Crippen molar-refractivity contribution in [3.8, 4) is 0 Å². The Morgan fingerprint density at radius 3 is 2.53 bits per heavy atom. The molecule has 0 spiro atoms. The summed E-state index contributed by atoms with van der Waals surface area (Å²) in [5.74, 6) is 0.207. The number of rotatable bonds is 4. The Morgan fingerprint density at radius 1 is 1.09 bits per heavy atom. The number of hydrogen-bond acceptors (Lipinski definition) is 6. The van der Waals surface area contributed by atoms with Gasteiger partial charge in [-0.25, -0.2) is 4.98 Å². The Hall–Kier alpha value is -2.26. The Balaban J connectivity index is 1.16. The summed E-state index contributed by atoms with van der Waals surface area (Å²) in [7, 11) is 0. The average Bonchev–Trinajstić information content (AvgIpc) is 3.22. The van der Waals surface area contributed by atoms with E-state index in [-0.39, 0.29) is 41.9 Å². The summed E-state index contributed by atoms with van der Waals surface area (Å²) in [6.45, 7) is 6.81. The standard InChI is InChI=1S/C25H34N4O4S/c1-16-13-29(14-17(2)33-16)24(31)18-7-10-27(11-8-18)21(30)9-12-28-15-26-23-22(25(28)32)19-5-3-4-6-20(19)34-23/h15-18H,3-14H2,1-2H3/t16-,17-/m1/s1. The lowest BCUT2D eigenvalue weighted by atomic mass is 9.94. The van der Waals surface area contributed by atoms with E-state index in [1.165, 1.54) is 16.9 Å². The molecule has 1 aliphatic carbocycles. The molecule has 8 nitrogen and oxygen atoms in total. The Morgan fingerprint density at radius 2 is 1.79 bits per heavy atom. The minimum absolute atomic E-state index is 0.0181. The van der Waals surface area contributed by atoms with Crippen LogP contribution in [0.2, 0.25) is 0 Å². The van der Waals surface area contributed by atoms with E-state index in [1.54, 1.807) is 22.2 Å². The van der Waals surface area contributed by atoms with Crippen molar-refractivity contribution < 1.29 is 14.3 Å². The molecule has 9 heteroatoms. The minimum Gasteiger partial charge on any atom is -0.372 e. The summed E-state index contributed by atoms with van der Waals surface area (Å²) in [5, 5.41) is 0.765. The van der Waals surface area contributed by atoms with Crippen molar-refractivity contribution in [3.05, 3.63) is 27.1 Å². The maximum atomic E-state index is 13.1. The minimum atomic E-state index is -0.0273. The predicted octanol–water partition coefficient (Wildman–Crippen LogP) is 2.60. The van der Waals surface area contributed by atoms with Gasteiger partial charge in [-0.3, -0.25) is 19.0 Å². The molecule has 2 saturated heterocycles. The quantitative estimate of drug-likeness (QED) is 0.663. The van der Waals surface area contributed by atoms with E-state index in [0.717, 1.165) is 29.5 Å². The molecule has 2 fully saturated rings. The summed E-state index contributed by atoms with van der Waals surface area (Å²) in [6.07, 6.45) is 7.66. The number of piperidine rings is 1. The fourth-order valence-corrected chi connectivity index (χ4v) is 6.93. The number of ether oxygens (including phenoxy) is 1. The number of aromatic nitrogens is 2. The molecule has 0 radical (unpaired) electrons. The first kappa shape index (κ1) is 23.5. The molecule has 0 unspecified atom stereocenters. The second-order valence-corrected chi connectivity index (χ2v) is 11.1. The Bertz CT molecular complexity index is 1120. The van der Waals surface area contributed by atoms with E-state index < -0.39 is 0 Å². The van der Waals surface area contributed by atoms with Crippen LogP contribution in [0.3, 0.4) is 0 Å². The van der Waals surface area contributed by atoms with E-state index in [0.29, 0.717) is 45.6 Å². The van der Waals surface area contributed by atoms with Crippen LogP contribution in [0.5, 0.6) is 0 Å². The van der Waals surface area contributed by atoms with Gasteiger partial charge in [-0.1, -0.05) is 0 Å². The number of nitrogens with zero attached hydrogens (tertiary/aromatic N) is 4. The lowest BCUT2D eigenvalue weighted by molar-refractivity contribution is -0.150. The zero-order valence-electron chi connectivity index (χ0n) is 20.1. The zero-order valence-corrected chi connectivity index (χ0v) is 20.9. The maximum Gasteiger partial charge on any atom is 0.262 e. The highest BCUT2D eigenvalue weighted by Crippen LogP contribution is 2.33. The van der Waals surface area contributed by atoms with Gasteiger partial charge in [0.05, 0.1) is 23.9 Å². The van der Waals surface area contributed by atoms with Crippen LogP contribution in [0.4, 0.5) is 0 Å². The van der Waals surface area contributed by atoms with Crippen molar-refractivity contribution >= 4 is 33.4 Å². The molecule has 3 aliphatic rings. The van der Waals surface area contributed by atoms with Gasteiger partial charge in [-0.15, -0.1) is 11.3 Å². The maximum absolute atomic E-state index is 13.1. The highest BCUT2D eigenvalue weighted by Gasteiger charge is 2.33. The molecule has 184 valence electrons. The molecule has 4 heterocycles. The predicted molar refractivity (Wildman–Crippen MR) is 131 cm³/mol. The third-order valence-electron chi connectivity index (χ3n) is 7.44. The molecule has 2 aliphatic heterocycles. The number of likely N-dealkylation sites (tertiary alicyclic amines) is 1. The second kappa shape index (κ2) is 9.77. The Labute approximate surface area is 203 Å². The van der Waals surface area contributed by atoms with Crippen molar-refractivity contribution in [1.82, 2.24) is 19.4 Å². The van der Waals surface area contributed by atoms with E-state index in [2.05, 4.69) is 4.98 Å². The van der Waals surface area contributed by atoms with Crippen LogP contribution in [0.25, 0.3) is 10.2 Å². The third kappa shape index (κ3) is 4.64. The molecule has 2 amide bonds. The molecular weight excluding hydrogens is 452 g/mol. The molecule has 0 bridgehead atoms. The van der Waals surface area contributed by atoms with Crippen LogP contribution in [-0.2, 0) is 33.7 Å². The lowest BCUT2D eigenvalue weighted by Gasteiger charge is -2.39. The highest BCUT2D eigenvalue weighted by atomic mass is 32.1. The van der Waals surface area contributed by atoms with E-state index in [4.69, 9.17) is 4.74 Å². The third-order valence-corrected chi connectivity index (χ3v) is 8.64. The van der Waals surface area contributed by atoms with E-state index in [1.807, 2.05) is 23.6 Å². The first-order valence-electron chi connectivity index (χ1n) is 12.6. The van der Waals surface area contributed by atoms with Gasteiger partial charge in [0.1, 0.15) is 4.83 Å². The van der Waals surface area contributed by atoms with Crippen LogP contribution in [0.15, 0.2) is 11.1 Å². The van der Waals surface area contributed by atoms with Gasteiger partial charge in [0.2, 0.25) is 11.8 Å². The summed E-state index contributed by atoms with van der Waals surface area (Å²) in [5.41, 5.74) is 1.16. The SMILES string of the molecule is C[C@@H]1CN(C(=O)C2CCN(C(=O)CCn3cnc4sc5c(c4c3=O)CCCC5)CC2)C[C@@H](C)O1. The van der Waals surface area contributed by atoms with Crippen LogP contribution in [0.1, 0.15) is 56.4 Å².